The third kappa shape index (κ3) is 3.85. The summed E-state index contributed by atoms with van der Waals surface area (Å²) in [6.45, 7) is 6.33. The Kier molecular flexibility index (Phi) is 5.39. The van der Waals surface area contributed by atoms with Crippen LogP contribution in [0, 0.1) is 13.8 Å². The normalized spacial score (nSPS) is 12.1. The fourth-order valence-electron chi connectivity index (χ4n) is 2.81. The Labute approximate surface area is 152 Å². The number of ether oxygens (including phenoxy) is 1. The van der Waals surface area contributed by atoms with Crippen molar-refractivity contribution in [1.29, 1.82) is 0 Å². The molecule has 4 heteroatoms. The van der Waals surface area contributed by atoms with Crippen LogP contribution in [0.3, 0.4) is 0 Å². The molecular weight excluding hydrogens is 330 g/mol. The highest BCUT2D eigenvalue weighted by Crippen LogP contribution is 2.37. The molecule has 0 fully saturated rings. The lowest BCUT2D eigenvalue weighted by Gasteiger charge is -2.16. The van der Waals surface area contributed by atoms with Crippen LogP contribution in [0.4, 0.5) is 0 Å². The van der Waals surface area contributed by atoms with Crippen molar-refractivity contribution in [2.24, 2.45) is 0 Å². The number of hydrogen-bond donors (Lipinski definition) is 0. The van der Waals surface area contributed by atoms with Crippen LogP contribution in [-0.2, 0) is 9.53 Å². The number of carbonyl (C=O) groups excluding carboxylic acids is 1. The van der Waals surface area contributed by atoms with E-state index in [4.69, 9.17) is 9.72 Å². The number of carbonyl (C=O) groups is 1. The summed E-state index contributed by atoms with van der Waals surface area (Å²) in [6, 6.07) is 17.9. The summed E-state index contributed by atoms with van der Waals surface area (Å²) in [7, 11) is 0. The molecule has 0 bridgehead atoms. The number of esters is 1. The maximum absolute atomic E-state index is 12.5. The zero-order valence-electron chi connectivity index (χ0n) is 14.7. The highest BCUT2D eigenvalue weighted by Gasteiger charge is 2.24. The largest absolute Gasteiger partial charge is 0.465 e. The Morgan fingerprint density at radius 3 is 2.56 bits per heavy atom. The van der Waals surface area contributed by atoms with Crippen molar-refractivity contribution < 1.29 is 9.53 Å². The van der Waals surface area contributed by atoms with Gasteiger partial charge in [-0.1, -0.05) is 60.3 Å². The predicted molar refractivity (Wildman–Crippen MR) is 103 cm³/mol. The van der Waals surface area contributed by atoms with E-state index in [0.29, 0.717) is 6.61 Å². The third-order valence-electron chi connectivity index (χ3n) is 4.07. The molecule has 128 valence electrons. The van der Waals surface area contributed by atoms with Gasteiger partial charge in [0.15, 0.2) is 0 Å². The topological polar surface area (TPSA) is 39.2 Å². The minimum Gasteiger partial charge on any atom is -0.465 e. The maximum atomic E-state index is 12.5. The van der Waals surface area contributed by atoms with Crippen molar-refractivity contribution in [1.82, 2.24) is 4.98 Å². The van der Waals surface area contributed by atoms with Gasteiger partial charge in [-0.15, -0.1) is 0 Å². The molecule has 0 unspecified atom stereocenters. The average Bonchev–Trinajstić information content (AvgIpc) is 2.61. The highest BCUT2D eigenvalue weighted by atomic mass is 32.2. The van der Waals surface area contributed by atoms with Crippen LogP contribution < -0.4 is 0 Å². The Hall–Kier alpha value is -2.33. The van der Waals surface area contributed by atoms with E-state index in [1.165, 1.54) is 11.8 Å². The molecule has 0 saturated heterocycles. The summed E-state index contributed by atoms with van der Waals surface area (Å²) in [4.78, 5) is 17.3. The van der Waals surface area contributed by atoms with E-state index in [2.05, 4.69) is 26.0 Å². The smallest absolute Gasteiger partial charge is 0.324 e. The van der Waals surface area contributed by atoms with Crippen LogP contribution in [0.5, 0.6) is 0 Å². The van der Waals surface area contributed by atoms with E-state index >= 15 is 0 Å². The minimum absolute atomic E-state index is 0.233. The van der Waals surface area contributed by atoms with Gasteiger partial charge in [0.25, 0.3) is 0 Å². The van der Waals surface area contributed by atoms with Gasteiger partial charge in [-0.25, -0.2) is 4.98 Å². The Morgan fingerprint density at radius 2 is 1.84 bits per heavy atom. The molecule has 0 saturated carbocycles. The van der Waals surface area contributed by atoms with Gasteiger partial charge in [0.05, 0.1) is 17.1 Å². The molecule has 0 N–H and O–H groups in total. The molecule has 3 rings (SSSR count). The van der Waals surface area contributed by atoms with Crippen LogP contribution in [0.15, 0.2) is 59.6 Å². The lowest BCUT2D eigenvalue weighted by atomic mass is 10.1. The average molecular weight is 351 g/mol. The molecule has 0 aliphatic carbocycles. The summed E-state index contributed by atoms with van der Waals surface area (Å²) in [6.07, 6.45) is 0. The second-order valence-corrected chi connectivity index (χ2v) is 7.03. The second kappa shape index (κ2) is 7.70. The molecule has 1 heterocycles. The molecule has 3 aromatic rings. The first-order valence-corrected chi connectivity index (χ1v) is 9.23. The number of nitrogens with zero attached hydrogens (tertiary/aromatic N) is 1. The highest BCUT2D eigenvalue weighted by molar-refractivity contribution is 8.00. The van der Waals surface area contributed by atoms with E-state index in [1.54, 1.807) is 0 Å². The van der Waals surface area contributed by atoms with Gasteiger partial charge in [-0.2, -0.15) is 0 Å². The maximum Gasteiger partial charge on any atom is 0.324 e. The van der Waals surface area contributed by atoms with E-state index in [0.717, 1.165) is 32.6 Å². The monoisotopic (exact) mass is 351 g/mol. The van der Waals surface area contributed by atoms with Crippen molar-refractivity contribution in [3.63, 3.8) is 0 Å². The molecule has 2 aromatic carbocycles. The van der Waals surface area contributed by atoms with Crippen molar-refractivity contribution in [2.45, 2.75) is 31.0 Å². The van der Waals surface area contributed by atoms with E-state index in [1.807, 2.05) is 49.4 Å². The molecule has 0 radical (unpaired) electrons. The van der Waals surface area contributed by atoms with Crippen LogP contribution >= 0.6 is 11.8 Å². The summed E-state index contributed by atoms with van der Waals surface area (Å²) >= 11 is 1.44. The van der Waals surface area contributed by atoms with Gasteiger partial charge in [0.1, 0.15) is 5.25 Å². The molecule has 0 spiro atoms. The standard InChI is InChI=1S/C21H21NO2S/c1-4-24-21(23)20(16-10-6-5-7-11-16)25-18-13-15(3)17-12-8-9-14(2)19(17)22-18/h5-13,20H,4H2,1-3H3/t20-/m0/s1. The van der Waals surface area contributed by atoms with Crippen molar-refractivity contribution >= 4 is 28.6 Å². The first-order chi connectivity index (χ1) is 12.1. The van der Waals surface area contributed by atoms with Crippen LogP contribution in [-0.4, -0.2) is 17.6 Å². The number of thioether (sulfide) groups is 1. The number of aryl methyl sites for hydroxylation is 2. The summed E-state index contributed by atoms with van der Waals surface area (Å²) in [5.74, 6) is -0.233. The zero-order valence-corrected chi connectivity index (χ0v) is 15.5. The number of pyridine rings is 1. The molecule has 0 amide bonds. The van der Waals surface area contributed by atoms with Gasteiger partial charge < -0.3 is 4.74 Å². The number of para-hydroxylation sites is 1. The Bertz CT molecular complexity index is 893. The van der Waals surface area contributed by atoms with Gasteiger partial charge in [-0.05, 0) is 43.5 Å². The Morgan fingerprint density at radius 1 is 1.08 bits per heavy atom. The van der Waals surface area contributed by atoms with Crippen LogP contribution in [0.25, 0.3) is 10.9 Å². The van der Waals surface area contributed by atoms with Gasteiger partial charge in [-0.3, -0.25) is 4.79 Å². The lowest BCUT2D eigenvalue weighted by molar-refractivity contribution is -0.142. The van der Waals surface area contributed by atoms with Gasteiger partial charge >= 0.3 is 5.97 Å². The quantitative estimate of drug-likeness (QED) is 0.465. The minimum atomic E-state index is -0.422. The second-order valence-electron chi connectivity index (χ2n) is 5.91. The number of rotatable bonds is 5. The summed E-state index contributed by atoms with van der Waals surface area (Å²) in [5.41, 5.74) is 4.21. The molecular formula is C21H21NO2S. The number of fused-ring (bicyclic) bond motifs is 1. The lowest BCUT2D eigenvalue weighted by Crippen LogP contribution is -2.13. The van der Waals surface area contributed by atoms with Crippen molar-refractivity contribution in [2.75, 3.05) is 6.61 Å². The third-order valence-corrected chi connectivity index (χ3v) is 5.22. The molecule has 25 heavy (non-hydrogen) atoms. The zero-order chi connectivity index (χ0) is 17.8. The van der Waals surface area contributed by atoms with E-state index in [-0.39, 0.29) is 5.97 Å². The molecule has 1 aromatic heterocycles. The van der Waals surface area contributed by atoms with Gasteiger partial charge in [0.2, 0.25) is 0 Å². The van der Waals surface area contributed by atoms with Crippen molar-refractivity contribution in [3.05, 3.63) is 71.3 Å². The fourth-order valence-corrected chi connectivity index (χ4v) is 3.90. The van der Waals surface area contributed by atoms with E-state index in [9.17, 15) is 4.79 Å². The molecule has 1 atom stereocenters. The van der Waals surface area contributed by atoms with Crippen molar-refractivity contribution in [3.8, 4) is 0 Å². The van der Waals surface area contributed by atoms with Crippen LogP contribution in [0.1, 0.15) is 28.9 Å². The van der Waals surface area contributed by atoms with Gasteiger partial charge in [0, 0.05) is 5.39 Å². The molecule has 3 nitrogen and oxygen atoms in total. The SMILES string of the molecule is CCOC(=O)[C@@H](Sc1cc(C)c2cccc(C)c2n1)c1ccccc1. The number of benzene rings is 2. The number of hydrogen-bond acceptors (Lipinski definition) is 4. The Balaban J connectivity index is 2.01. The fraction of sp³-hybridized carbons (Fsp3) is 0.238. The molecule has 0 aliphatic rings. The first-order valence-electron chi connectivity index (χ1n) is 8.35. The summed E-state index contributed by atoms with van der Waals surface area (Å²) in [5, 5.41) is 1.56. The summed E-state index contributed by atoms with van der Waals surface area (Å²) < 4.78 is 5.28. The first kappa shape index (κ1) is 17.5. The van der Waals surface area contributed by atoms with E-state index < -0.39 is 5.25 Å². The number of aromatic nitrogens is 1. The predicted octanol–water partition coefficient (Wildman–Crippen LogP) is 5.25. The van der Waals surface area contributed by atoms with Crippen LogP contribution in [0.2, 0.25) is 0 Å². The molecule has 0 aliphatic heterocycles.